The molecule has 0 saturated carbocycles. The third kappa shape index (κ3) is 4.44. The molecule has 1 N–H and O–H groups in total. The third-order valence-corrected chi connectivity index (χ3v) is 6.42. The summed E-state index contributed by atoms with van der Waals surface area (Å²) in [6, 6.07) is 18.4. The minimum Gasteiger partial charge on any atom is -0.489 e. The van der Waals surface area contributed by atoms with Gasteiger partial charge in [0.15, 0.2) is 0 Å². The Bertz CT molecular complexity index is 1540. The molecular formula is C28H24N6O2. The number of hydrogen-bond donors (Lipinski definition) is 1. The van der Waals surface area contributed by atoms with E-state index in [1.807, 2.05) is 35.3 Å². The van der Waals surface area contributed by atoms with E-state index in [0.717, 1.165) is 52.9 Å². The van der Waals surface area contributed by atoms with E-state index < -0.39 is 0 Å². The van der Waals surface area contributed by atoms with Crippen LogP contribution in [0.15, 0.2) is 73.6 Å². The number of aromatic amines is 1. The minimum atomic E-state index is 0.0687. The van der Waals surface area contributed by atoms with E-state index >= 15 is 0 Å². The van der Waals surface area contributed by atoms with Gasteiger partial charge in [0.25, 0.3) is 0 Å². The van der Waals surface area contributed by atoms with E-state index in [4.69, 9.17) is 9.47 Å². The molecule has 6 rings (SSSR count). The normalized spacial score (nSPS) is 14.1. The molecule has 1 aliphatic rings. The third-order valence-electron chi connectivity index (χ3n) is 6.42. The first-order valence-corrected chi connectivity index (χ1v) is 11.9. The van der Waals surface area contributed by atoms with Crippen molar-refractivity contribution in [3.8, 4) is 34.3 Å². The molecule has 0 aliphatic carbocycles. The molecule has 0 amide bonds. The number of imidazole rings is 1. The van der Waals surface area contributed by atoms with Crippen LogP contribution < -0.4 is 4.74 Å². The molecule has 0 bridgehead atoms. The highest BCUT2D eigenvalue weighted by molar-refractivity contribution is 5.94. The van der Waals surface area contributed by atoms with Gasteiger partial charge in [0, 0.05) is 48.4 Å². The Labute approximate surface area is 208 Å². The Balaban J connectivity index is 1.32. The number of benzene rings is 2. The Morgan fingerprint density at radius 1 is 1.08 bits per heavy atom. The van der Waals surface area contributed by atoms with Crippen molar-refractivity contribution in [3.05, 3.63) is 84.7 Å². The van der Waals surface area contributed by atoms with E-state index in [1.165, 1.54) is 5.56 Å². The maximum Gasteiger partial charge on any atom is 0.141 e. The number of fused-ring (bicyclic) bond motifs is 1. The Kier molecular flexibility index (Phi) is 5.90. The number of nitrogens with one attached hydrogen (secondary N) is 1. The average molecular weight is 477 g/mol. The van der Waals surface area contributed by atoms with Crippen molar-refractivity contribution in [2.24, 2.45) is 0 Å². The van der Waals surface area contributed by atoms with Crippen LogP contribution in [0.4, 0.5) is 0 Å². The molecule has 0 unspecified atom stereocenters. The largest absolute Gasteiger partial charge is 0.489 e. The highest BCUT2D eigenvalue weighted by Crippen LogP contribution is 2.33. The molecule has 178 valence electrons. The van der Waals surface area contributed by atoms with Crippen molar-refractivity contribution in [2.45, 2.75) is 25.5 Å². The second kappa shape index (κ2) is 9.64. The highest BCUT2D eigenvalue weighted by atomic mass is 16.5. The summed E-state index contributed by atoms with van der Waals surface area (Å²) in [4.78, 5) is 16.6. The lowest BCUT2D eigenvalue weighted by molar-refractivity contribution is 0.0254. The number of H-pyrrole nitrogens is 1. The molecule has 0 radical (unpaired) electrons. The van der Waals surface area contributed by atoms with Crippen LogP contribution in [-0.4, -0.2) is 43.8 Å². The maximum atomic E-state index is 9.80. The average Bonchev–Trinajstić information content (AvgIpc) is 3.60. The summed E-state index contributed by atoms with van der Waals surface area (Å²) in [6.45, 7) is 2.12. The molecule has 4 heterocycles. The van der Waals surface area contributed by atoms with Gasteiger partial charge in [-0.15, -0.1) is 0 Å². The van der Waals surface area contributed by atoms with E-state index in [9.17, 15) is 5.26 Å². The Hall–Kier alpha value is -4.48. The van der Waals surface area contributed by atoms with E-state index in [2.05, 4.69) is 56.3 Å². The smallest absolute Gasteiger partial charge is 0.141 e. The Morgan fingerprint density at radius 3 is 2.83 bits per heavy atom. The standard InChI is InChI=1S/C28H24N6O2/c29-15-22-13-21(4-5-26(22)36-23-6-10-35-11-7-23)27-24-14-25(33-28(24)32-17-31-27)20-3-1-2-19(12-20)16-34-9-8-30-18-34/h1-5,8-9,12-14,17-18,23H,6-7,10-11,16H2,(H,31,32,33). The van der Waals surface area contributed by atoms with Gasteiger partial charge in [0.05, 0.1) is 30.8 Å². The molecule has 1 fully saturated rings. The van der Waals surface area contributed by atoms with Gasteiger partial charge < -0.3 is 19.0 Å². The molecule has 0 atom stereocenters. The lowest BCUT2D eigenvalue weighted by Gasteiger charge is -2.23. The number of nitriles is 1. The fourth-order valence-corrected chi connectivity index (χ4v) is 4.59. The fourth-order valence-electron chi connectivity index (χ4n) is 4.59. The molecular weight excluding hydrogens is 452 g/mol. The summed E-state index contributed by atoms with van der Waals surface area (Å²) in [6.07, 6.45) is 8.82. The Morgan fingerprint density at radius 2 is 2.00 bits per heavy atom. The topological polar surface area (TPSA) is 102 Å². The second-order valence-electron chi connectivity index (χ2n) is 8.86. The van der Waals surface area contributed by atoms with Crippen molar-refractivity contribution >= 4 is 11.0 Å². The van der Waals surface area contributed by atoms with Gasteiger partial charge in [-0.1, -0.05) is 18.2 Å². The molecule has 1 aliphatic heterocycles. The minimum absolute atomic E-state index is 0.0687. The van der Waals surface area contributed by atoms with Crippen LogP contribution in [0.1, 0.15) is 24.0 Å². The number of aromatic nitrogens is 5. The summed E-state index contributed by atoms with van der Waals surface area (Å²) in [5.74, 6) is 0.600. The predicted molar refractivity (Wildman–Crippen MR) is 135 cm³/mol. The van der Waals surface area contributed by atoms with Crippen molar-refractivity contribution in [2.75, 3.05) is 13.2 Å². The second-order valence-corrected chi connectivity index (χ2v) is 8.86. The first-order chi connectivity index (χ1) is 17.8. The number of nitrogens with zero attached hydrogens (tertiary/aromatic N) is 5. The first-order valence-electron chi connectivity index (χ1n) is 11.9. The van der Waals surface area contributed by atoms with Gasteiger partial charge in [-0.25, -0.2) is 15.0 Å². The molecule has 3 aromatic heterocycles. The first kappa shape index (κ1) is 22.0. The van der Waals surface area contributed by atoms with E-state index in [1.54, 1.807) is 12.5 Å². The molecule has 2 aromatic carbocycles. The molecule has 8 nitrogen and oxygen atoms in total. The molecule has 5 aromatic rings. The SMILES string of the molecule is N#Cc1cc(-c2ncnc3[nH]c(-c4cccc(Cn5ccnc5)c4)cc23)ccc1OC1CCOCC1. The van der Waals surface area contributed by atoms with Gasteiger partial charge >= 0.3 is 0 Å². The van der Waals surface area contributed by atoms with Crippen molar-refractivity contribution in [1.82, 2.24) is 24.5 Å². The van der Waals surface area contributed by atoms with Crippen LogP contribution in [-0.2, 0) is 11.3 Å². The van der Waals surface area contributed by atoms with Gasteiger partial charge in [-0.3, -0.25) is 0 Å². The van der Waals surface area contributed by atoms with Gasteiger partial charge in [-0.05, 0) is 41.5 Å². The van der Waals surface area contributed by atoms with Crippen LogP contribution in [0.5, 0.6) is 5.75 Å². The molecule has 36 heavy (non-hydrogen) atoms. The van der Waals surface area contributed by atoms with E-state index in [0.29, 0.717) is 24.5 Å². The van der Waals surface area contributed by atoms with Crippen molar-refractivity contribution in [3.63, 3.8) is 0 Å². The zero-order valence-electron chi connectivity index (χ0n) is 19.6. The van der Waals surface area contributed by atoms with Crippen molar-refractivity contribution in [1.29, 1.82) is 5.26 Å². The molecule has 8 heteroatoms. The van der Waals surface area contributed by atoms with Crippen LogP contribution >= 0.6 is 0 Å². The summed E-state index contributed by atoms with van der Waals surface area (Å²) in [5.41, 5.74) is 6.05. The quantitative estimate of drug-likeness (QED) is 0.371. The van der Waals surface area contributed by atoms with Gasteiger partial charge in [0.1, 0.15) is 29.9 Å². The zero-order chi connectivity index (χ0) is 24.3. The summed E-state index contributed by atoms with van der Waals surface area (Å²) in [5, 5.41) is 10.7. The molecule has 1 saturated heterocycles. The number of hydrogen-bond acceptors (Lipinski definition) is 6. The van der Waals surface area contributed by atoms with Crippen LogP contribution in [0.25, 0.3) is 33.5 Å². The lowest BCUT2D eigenvalue weighted by Crippen LogP contribution is -2.26. The summed E-state index contributed by atoms with van der Waals surface area (Å²) in [7, 11) is 0. The predicted octanol–water partition coefficient (Wildman–Crippen LogP) is 4.97. The van der Waals surface area contributed by atoms with Crippen molar-refractivity contribution < 1.29 is 9.47 Å². The van der Waals surface area contributed by atoms with E-state index in [-0.39, 0.29) is 6.10 Å². The van der Waals surface area contributed by atoms with Gasteiger partial charge in [-0.2, -0.15) is 5.26 Å². The fraction of sp³-hybridized carbons (Fsp3) is 0.214. The van der Waals surface area contributed by atoms with Gasteiger partial charge in [0.2, 0.25) is 0 Å². The van der Waals surface area contributed by atoms with Crippen LogP contribution in [0.3, 0.4) is 0 Å². The van der Waals surface area contributed by atoms with Crippen LogP contribution in [0, 0.1) is 11.3 Å². The molecule has 0 spiro atoms. The lowest BCUT2D eigenvalue weighted by atomic mass is 10.0. The summed E-state index contributed by atoms with van der Waals surface area (Å²) >= 11 is 0. The number of rotatable bonds is 6. The zero-order valence-corrected chi connectivity index (χ0v) is 19.6. The number of ether oxygens (including phenoxy) is 2. The monoisotopic (exact) mass is 476 g/mol. The van der Waals surface area contributed by atoms with Crippen LogP contribution in [0.2, 0.25) is 0 Å². The highest BCUT2D eigenvalue weighted by Gasteiger charge is 2.18. The summed E-state index contributed by atoms with van der Waals surface area (Å²) < 4.78 is 13.6. The maximum absolute atomic E-state index is 9.80.